The molecule has 0 fully saturated rings. The van der Waals surface area contributed by atoms with Crippen molar-refractivity contribution in [3.8, 4) is 0 Å². The lowest BCUT2D eigenvalue weighted by Gasteiger charge is -2.34. The van der Waals surface area contributed by atoms with Crippen molar-refractivity contribution in [3.63, 3.8) is 0 Å². The van der Waals surface area contributed by atoms with Crippen molar-refractivity contribution in [1.29, 1.82) is 0 Å². The Hall–Kier alpha value is -2.42. The first-order valence-electron chi connectivity index (χ1n) is 8.79. The van der Waals surface area contributed by atoms with Gasteiger partial charge in [-0.25, -0.2) is 0 Å². The molecule has 0 saturated heterocycles. The van der Waals surface area contributed by atoms with Gasteiger partial charge in [0.2, 0.25) is 0 Å². The van der Waals surface area contributed by atoms with Gasteiger partial charge in [-0.1, -0.05) is 54.1 Å². The predicted molar refractivity (Wildman–Crippen MR) is 105 cm³/mol. The molecule has 0 aromatic heterocycles. The molecule has 0 aliphatic heterocycles. The summed E-state index contributed by atoms with van der Waals surface area (Å²) in [5.41, 5.74) is 1.57. The van der Waals surface area contributed by atoms with Crippen LogP contribution in [0.15, 0.2) is 66.2 Å². The molecule has 12 heteroatoms. The molecule has 1 amide bonds. The Morgan fingerprint density at radius 1 is 0.968 bits per heavy atom. The van der Waals surface area contributed by atoms with E-state index >= 15 is 0 Å². The highest BCUT2D eigenvalue weighted by atomic mass is 31.3. The van der Waals surface area contributed by atoms with Crippen molar-refractivity contribution in [2.24, 2.45) is 0 Å². The molecule has 0 saturated carbocycles. The van der Waals surface area contributed by atoms with Gasteiger partial charge in [0.15, 0.2) is 5.78 Å². The second-order valence-electron chi connectivity index (χ2n) is 6.28. The average Bonchev–Trinajstić information content (AvgIpc) is 2.70. The molecule has 2 aromatic rings. The molecule has 1 atom stereocenters. The number of ketones is 1. The van der Waals surface area contributed by atoms with Crippen LogP contribution in [-0.2, 0) is 18.0 Å². The molecule has 2 rings (SSSR count). The minimum atomic E-state index is -5.74. The minimum Gasteiger partial charge on any atom is -0.790 e. The van der Waals surface area contributed by atoms with Crippen LogP contribution in [0.2, 0.25) is 0 Å². The zero-order valence-electron chi connectivity index (χ0n) is 16.3. The number of carbonyl (C=O) groups is 2. The highest BCUT2D eigenvalue weighted by Crippen LogP contribution is 2.50. The van der Waals surface area contributed by atoms with Crippen LogP contribution in [0, 0.1) is 0 Å². The molecular formula is C19H18NO9P2-3. The standard InChI is InChI=1S/C19H21NO9P2/c1-14(10-11-28-31(26,27)29-30(23,24)25)13-20-19(22)17-9-5-8-16(12-17)18(21)15-6-3-2-4-7-15/h2-10,12H,11,13H2,1H3,(H,20,22)(H,26,27)(H2,23,24,25)/p-3/b14-10+. The maximum atomic E-state index is 12.5. The average molecular weight is 466 g/mol. The lowest BCUT2D eigenvalue weighted by molar-refractivity contribution is -0.339. The fourth-order valence-electron chi connectivity index (χ4n) is 2.37. The number of benzene rings is 2. The van der Waals surface area contributed by atoms with E-state index in [-0.39, 0.29) is 17.9 Å². The number of nitrogens with one attached hydrogen (secondary N) is 1. The Kier molecular flexibility index (Phi) is 8.61. The second-order valence-corrected chi connectivity index (χ2v) is 8.98. The van der Waals surface area contributed by atoms with E-state index in [9.17, 15) is 33.4 Å². The molecule has 2 aromatic carbocycles. The summed E-state index contributed by atoms with van der Waals surface area (Å²) in [7, 11) is -11.0. The molecule has 0 bridgehead atoms. The van der Waals surface area contributed by atoms with Gasteiger partial charge in [0.1, 0.15) is 0 Å². The normalized spacial score (nSPS) is 14.0. The Bertz CT molecular complexity index is 1060. The summed E-state index contributed by atoms with van der Waals surface area (Å²) in [4.78, 5) is 56.6. The SMILES string of the molecule is C/C(=C\COP(=O)([O-])OP(=O)([O-])[O-])CNC(=O)c1cccc(C(=O)c2ccccc2)c1. The summed E-state index contributed by atoms with van der Waals surface area (Å²) in [6.45, 7) is 0.982. The number of hydrogen-bond acceptors (Lipinski definition) is 9. The number of rotatable bonds is 10. The quantitative estimate of drug-likeness (QED) is 0.304. The first-order chi connectivity index (χ1) is 14.5. The Balaban J connectivity index is 1.92. The van der Waals surface area contributed by atoms with Crippen molar-refractivity contribution >= 4 is 27.3 Å². The zero-order chi connectivity index (χ0) is 23.1. The monoisotopic (exact) mass is 466 g/mol. The maximum Gasteiger partial charge on any atom is 0.272 e. The molecule has 0 radical (unpaired) electrons. The van der Waals surface area contributed by atoms with E-state index in [1.807, 2.05) is 0 Å². The van der Waals surface area contributed by atoms with Crippen molar-refractivity contribution < 1.29 is 42.2 Å². The van der Waals surface area contributed by atoms with Gasteiger partial charge in [-0.05, 0) is 19.1 Å². The molecule has 10 nitrogen and oxygen atoms in total. The third-order valence-electron chi connectivity index (χ3n) is 3.82. The van der Waals surface area contributed by atoms with E-state index < -0.39 is 28.2 Å². The topological polar surface area (TPSA) is 168 Å². The van der Waals surface area contributed by atoms with Crippen LogP contribution in [0.5, 0.6) is 0 Å². The van der Waals surface area contributed by atoms with Crippen molar-refractivity contribution in [3.05, 3.63) is 82.9 Å². The van der Waals surface area contributed by atoms with Crippen LogP contribution in [0.1, 0.15) is 33.2 Å². The van der Waals surface area contributed by atoms with Gasteiger partial charge in [-0.2, -0.15) is 0 Å². The number of phosphoric acid groups is 2. The first-order valence-corrected chi connectivity index (χ1v) is 11.7. The minimum absolute atomic E-state index is 0.0185. The Morgan fingerprint density at radius 2 is 1.58 bits per heavy atom. The molecule has 1 unspecified atom stereocenters. The van der Waals surface area contributed by atoms with Crippen LogP contribution < -0.4 is 20.0 Å². The van der Waals surface area contributed by atoms with Crippen molar-refractivity contribution in [1.82, 2.24) is 5.32 Å². The van der Waals surface area contributed by atoms with E-state index in [0.717, 1.165) is 0 Å². The molecule has 166 valence electrons. The van der Waals surface area contributed by atoms with Gasteiger partial charge >= 0.3 is 0 Å². The van der Waals surface area contributed by atoms with Gasteiger partial charge in [-0.15, -0.1) is 0 Å². The van der Waals surface area contributed by atoms with Gasteiger partial charge < -0.3 is 29.1 Å². The lowest BCUT2D eigenvalue weighted by atomic mass is 10.0. The zero-order valence-corrected chi connectivity index (χ0v) is 18.0. The molecular weight excluding hydrogens is 448 g/mol. The van der Waals surface area contributed by atoms with Crippen LogP contribution in [0.4, 0.5) is 0 Å². The molecule has 0 spiro atoms. The van der Waals surface area contributed by atoms with E-state index in [2.05, 4.69) is 14.2 Å². The first kappa shape index (κ1) is 24.8. The van der Waals surface area contributed by atoms with Crippen LogP contribution in [-0.4, -0.2) is 24.8 Å². The van der Waals surface area contributed by atoms with Crippen LogP contribution in [0.25, 0.3) is 0 Å². The molecule has 31 heavy (non-hydrogen) atoms. The van der Waals surface area contributed by atoms with E-state index in [1.54, 1.807) is 49.4 Å². The third kappa shape index (κ3) is 8.69. The number of hydrogen-bond donors (Lipinski definition) is 1. The van der Waals surface area contributed by atoms with Crippen molar-refractivity contribution in [2.45, 2.75) is 6.92 Å². The summed E-state index contributed by atoms with van der Waals surface area (Å²) in [5.74, 6) is -0.693. The molecule has 1 N–H and O–H groups in total. The molecule has 0 aliphatic carbocycles. The number of phosphoric ester groups is 1. The fraction of sp³-hybridized carbons (Fsp3) is 0.158. The fourth-order valence-corrected chi connectivity index (χ4v) is 3.79. The summed E-state index contributed by atoms with van der Waals surface area (Å²) >= 11 is 0. The van der Waals surface area contributed by atoms with Crippen LogP contribution >= 0.6 is 15.6 Å². The van der Waals surface area contributed by atoms with E-state index in [1.165, 1.54) is 18.2 Å². The predicted octanol–water partition coefficient (Wildman–Crippen LogP) is 0.924. The summed E-state index contributed by atoms with van der Waals surface area (Å²) in [6, 6.07) is 14.8. The van der Waals surface area contributed by atoms with Gasteiger partial charge in [0.25, 0.3) is 13.7 Å². The van der Waals surface area contributed by atoms with Gasteiger partial charge in [0.05, 0.1) is 14.4 Å². The summed E-state index contributed by atoms with van der Waals surface area (Å²) in [6.07, 6.45) is 1.25. The van der Waals surface area contributed by atoms with Gasteiger partial charge in [-0.3, -0.25) is 18.5 Å². The maximum absolute atomic E-state index is 12.5. The highest BCUT2D eigenvalue weighted by Gasteiger charge is 2.13. The number of amides is 1. The lowest BCUT2D eigenvalue weighted by Crippen LogP contribution is -2.25. The highest BCUT2D eigenvalue weighted by molar-refractivity contribution is 7.58. The third-order valence-corrected chi connectivity index (χ3v) is 5.88. The number of carbonyl (C=O) groups excluding carboxylic acids is 2. The Morgan fingerprint density at radius 3 is 2.23 bits per heavy atom. The van der Waals surface area contributed by atoms with Crippen LogP contribution in [0.3, 0.4) is 0 Å². The van der Waals surface area contributed by atoms with Crippen molar-refractivity contribution in [2.75, 3.05) is 13.2 Å². The van der Waals surface area contributed by atoms with E-state index in [4.69, 9.17) is 0 Å². The summed E-state index contributed by atoms with van der Waals surface area (Å²) < 4.78 is 29.0. The van der Waals surface area contributed by atoms with Gasteiger partial charge in [0, 0.05) is 23.2 Å². The second kappa shape index (κ2) is 10.7. The largest absolute Gasteiger partial charge is 0.790 e. The summed E-state index contributed by atoms with van der Waals surface area (Å²) in [5, 5.41) is 2.59. The molecule has 0 aliphatic rings. The Labute approximate surface area is 178 Å². The molecule has 0 heterocycles. The van der Waals surface area contributed by atoms with E-state index in [0.29, 0.717) is 16.7 Å². The smallest absolute Gasteiger partial charge is 0.272 e.